The molecule has 1 fully saturated rings. The van der Waals surface area contributed by atoms with Crippen molar-refractivity contribution in [2.75, 3.05) is 0 Å². The SMILES string of the molecule is O=C(O)c1cc2cc(O)ccc2n1CC1CC1. The minimum absolute atomic E-state index is 0.165. The Morgan fingerprint density at radius 1 is 1.35 bits per heavy atom. The number of aromatic nitrogens is 1. The normalized spacial score (nSPS) is 15.3. The van der Waals surface area contributed by atoms with E-state index in [1.54, 1.807) is 24.3 Å². The van der Waals surface area contributed by atoms with Crippen LogP contribution >= 0.6 is 0 Å². The lowest BCUT2D eigenvalue weighted by molar-refractivity contribution is 0.0685. The van der Waals surface area contributed by atoms with Crippen LogP contribution in [0.4, 0.5) is 0 Å². The molecule has 0 spiro atoms. The first-order valence-corrected chi connectivity index (χ1v) is 5.70. The van der Waals surface area contributed by atoms with Gasteiger partial charge in [0.05, 0.1) is 0 Å². The molecule has 0 amide bonds. The van der Waals surface area contributed by atoms with Crippen LogP contribution in [-0.4, -0.2) is 20.7 Å². The Bertz CT molecular complexity index is 596. The predicted molar refractivity (Wildman–Crippen MR) is 63.3 cm³/mol. The standard InChI is InChI=1S/C13H13NO3/c15-10-3-4-11-9(5-10)6-12(13(16)17)14(11)7-8-1-2-8/h3-6,8,15H,1-2,7H2,(H,16,17). The van der Waals surface area contributed by atoms with Crippen LogP contribution in [0.2, 0.25) is 0 Å². The first-order chi connectivity index (χ1) is 8.15. The fourth-order valence-electron chi connectivity index (χ4n) is 2.19. The number of hydrogen-bond donors (Lipinski definition) is 2. The summed E-state index contributed by atoms with van der Waals surface area (Å²) in [5.41, 5.74) is 1.18. The highest BCUT2D eigenvalue weighted by atomic mass is 16.4. The van der Waals surface area contributed by atoms with Gasteiger partial charge in [0.2, 0.25) is 0 Å². The van der Waals surface area contributed by atoms with Gasteiger partial charge in [-0.25, -0.2) is 4.79 Å². The van der Waals surface area contributed by atoms with Gasteiger partial charge in [-0.1, -0.05) is 0 Å². The van der Waals surface area contributed by atoms with Crippen molar-refractivity contribution in [3.63, 3.8) is 0 Å². The van der Waals surface area contributed by atoms with Crippen LogP contribution in [0.3, 0.4) is 0 Å². The van der Waals surface area contributed by atoms with Crippen molar-refractivity contribution in [2.45, 2.75) is 19.4 Å². The van der Waals surface area contributed by atoms with Gasteiger partial charge < -0.3 is 14.8 Å². The quantitative estimate of drug-likeness (QED) is 0.852. The van der Waals surface area contributed by atoms with Crippen molar-refractivity contribution in [1.29, 1.82) is 0 Å². The fourth-order valence-corrected chi connectivity index (χ4v) is 2.19. The Kier molecular flexibility index (Phi) is 2.11. The van der Waals surface area contributed by atoms with E-state index in [9.17, 15) is 15.0 Å². The maximum atomic E-state index is 11.2. The number of carboxylic acid groups (broad SMARTS) is 1. The highest BCUT2D eigenvalue weighted by Gasteiger charge is 2.25. The summed E-state index contributed by atoms with van der Waals surface area (Å²) in [5.74, 6) is -0.142. The van der Waals surface area contributed by atoms with Gasteiger partial charge in [-0.05, 0) is 43.0 Å². The Labute approximate surface area is 98.1 Å². The van der Waals surface area contributed by atoms with Gasteiger partial charge in [-0.15, -0.1) is 0 Å². The van der Waals surface area contributed by atoms with E-state index in [4.69, 9.17) is 0 Å². The molecule has 2 N–H and O–H groups in total. The molecule has 1 heterocycles. The van der Waals surface area contributed by atoms with Gasteiger partial charge >= 0.3 is 5.97 Å². The zero-order chi connectivity index (χ0) is 12.0. The average Bonchev–Trinajstić information content (AvgIpc) is 3.00. The van der Waals surface area contributed by atoms with Crippen molar-refractivity contribution in [1.82, 2.24) is 4.57 Å². The van der Waals surface area contributed by atoms with Crippen LogP contribution in [0.25, 0.3) is 10.9 Å². The molecule has 0 aliphatic heterocycles. The van der Waals surface area contributed by atoms with Gasteiger partial charge in [0, 0.05) is 17.4 Å². The van der Waals surface area contributed by atoms with E-state index in [1.807, 2.05) is 4.57 Å². The minimum Gasteiger partial charge on any atom is -0.508 e. The largest absolute Gasteiger partial charge is 0.508 e. The predicted octanol–water partition coefficient (Wildman–Crippen LogP) is 2.46. The molecule has 17 heavy (non-hydrogen) atoms. The molecular weight excluding hydrogens is 218 g/mol. The minimum atomic E-state index is -0.915. The second-order valence-electron chi connectivity index (χ2n) is 4.63. The lowest BCUT2D eigenvalue weighted by Crippen LogP contribution is -2.09. The first kappa shape index (κ1) is 10.2. The van der Waals surface area contributed by atoms with Crippen molar-refractivity contribution >= 4 is 16.9 Å². The zero-order valence-corrected chi connectivity index (χ0v) is 9.26. The molecule has 0 unspecified atom stereocenters. The number of phenols is 1. The molecular formula is C13H13NO3. The maximum absolute atomic E-state index is 11.2. The highest BCUT2D eigenvalue weighted by molar-refractivity contribution is 5.95. The summed E-state index contributed by atoms with van der Waals surface area (Å²) in [6, 6.07) is 6.60. The second kappa shape index (κ2) is 3.52. The molecule has 1 saturated carbocycles. The molecule has 0 bridgehead atoms. The van der Waals surface area contributed by atoms with Crippen LogP contribution in [0.5, 0.6) is 5.75 Å². The zero-order valence-electron chi connectivity index (χ0n) is 9.26. The number of hydrogen-bond acceptors (Lipinski definition) is 2. The van der Waals surface area contributed by atoms with E-state index >= 15 is 0 Å². The molecule has 0 radical (unpaired) electrons. The van der Waals surface area contributed by atoms with E-state index in [2.05, 4.69) is 0 Å². The number of nitrogens with zero attached hydrogens (tertiary/aromatic N) is 1. The number of carboxylic acids is 1. The van der Waals surface area contributed by atoms with Gasteiger partial charge in [0.25, 0.3) is 0 Å². The van der Waals surface area contributed by atoms with E-state index in [0.717, 1.165) is 17.4 Å². The van der Waals surface area contributed by atoms with Crippen molar-refractivity contribution in [3.05, 3.63) is 30.0 Å². The molecule has 4 nitrogen and oxygen atoms in total. The molecule has 1 aliphatic carbocycles. The monoisotopic (exact) mass is 231 g/mol. The van der Waals surface area contributed by atoms with E-state index in [1.165, 1.54) is 12.8 Å². The molecule has 3 rings (SSSR count). The summed E-state index contributed by atoms with van der Waals surface area (Å²) in [6.07, 6.45) is 2.35. The fraction of sp³-hybridized carbons (Fsp3) is 0.308. The Morgan fingerprint density at radius 3 is 2.76 bits per heavy atom. The summed E-state index contributed by atoms with van der Waals surface area (Å²) in [5, 5.41) is 19.4. The van der Waals surface area contributed by atoms with E-state index < -0.39 is 5.97 Å². The number of aromatic hydroxyl groups is 1. The molecule has 4 heteroatoms. The molecule has 1 aromatic heterocycles. The van der Waals surface area contributed by atoms with Gasteiger partial charge in [0.1, 0.15) is 11.4 Å². The molecule has 1 aromatic carbocycles. The molecule has 2 aromatic rings. The Morgan fingerprint density at radius 2 is 2.12 bits per heavy atom. The maximum Gasteiger partial charge on any atom is 0.352 e. The number of carbonyl (C=O) groups is 1. The van der Waals surface area contributed by atoms with Crippen LogP contribution in [-0.2, 0) is 6.54 Å². The van der Waals surface area contributed by atoms with Crippen molar-refractivity contribution in [2.24, 2.45) is 5.92 Å². The Balaban J connectivity index is 2.18. The smallest absolute Gasteiger partial charge is 0.352 e. The molecule has 88 valence electrons. The van der Waals surface area contributed by atoms with E-state index in [0.29, 0.717) is 11.6 Å². The lowest BCUT2D eigenvalue weighted by Gasteiger charge is -2.06. The van der Waals surface area contributed by atoms with Crippen LogP contribution in [0.15, 0.2) is 24.3 Å². The number of fused-ring (bicyclic) bond motifs is 1. The van der Waals surface area contributed by atoms with Crippen LogP contribution in [0.1, 0.15) is 23.3 Å². The first-order valence-electron chi connectivity index (χ1n) is 5.70. The Hall–Kier alpha value is -1.97. The van der Waals surface area contributed by atoms with Crippen LogP contribution in [0, 0.1) is 5.92 Å². The number of rotatable bonds is 3. The molecule has 1 aliphatic rings. The molecule has 0 saturated heterocycles. The third-order valence-electron chi connectivity index (χ3n) is 3.24. The van der Waals surface area contributed by atoms with Crippen LogP contribution < -0.4 is 0 Å². The summed E-state index contributed by atoms with van der Waals surface area (Å²) in [6.45, 7) is 0.760. The summed E-state index contributed by atoms with van der Waals surface area (Å²) < 4.78 is 1.84. The van der Waals surface area contributed by atoms with E-state index in [-0.39, 0.29) is 5.75 Å². The van der Waals surface area contributed by atoms with Gasteiger partial charge in [0.15, 0.2) is 0 Å². The van der Waals surface area contributed by atoms with Crippen molar-refractivity contribution in [3.8, 4) is 5.75 Å². The third kappa shape index (κ3) is 1.75. The third-order valence-corrected chi connectivity index (χ3v) is 3.24. The summed E-state index contributed by atoms with van der Waals surface area (Å²) in [7, 11) is 0. The number of phenolic OH excluding ortho intramolecular Hbond substituents is 1. The van der Waals surface area contributed by atoms with Crippen molar-refractivity contribution < 1.29 is 15.0 Å². The topological polar surface area (TPSA) is 62.5 Å². The van der Waals surface area contributed by atoms with Gasteiger partial charge in [-0.3, -0.25) is 0 Å². The lowest BCUT2D eigenvalue weighted by atomic mass is 10.2. The molecule has 0 atom stereocenters. The van der Waals surface area contributed by atoms with Gasteiger partial charge in [-0.2, -0.15) is 0 Å². The number of aromatic carboxylic acids is 1. The number of benzene rings is 1. The average molecular weight is 231 g/mol. The highest BCUT2D eigenvalue weighted by Crippen LogP contribution is 2.33. The second-order valence-corrected chi connectivity index (χ2v) is 4.63. The summed E-state index contributed by atoms with van der Waals surface area (Å²) in [4.78, 5) is 11.2. The summed E-state index contributed by atoms with van der Waals surface area (Å²) >= 11 is 0.